The summed E-state index contributed by atoms with van der Waals surface area (Å²) in [6.45, 7) is 5.28. The molecule has 1 atom stereocenters. The number of ether oxygens (including phenoxy) is 1. The molecule has 1 N–H and O–H groups in total. The van der Waals surface area contributed by atoms with Gasteiger partial charge < -0.3 is 10.1 Å². The molecule has 0 aliphatic rings. The number of allylic oxidation sites excluding steroid dienone is 1. The van der Waals surface area contributed by atoms with E-state index in [0.717, 1.165) is 24.2 Å². The van der Waals surface area contributed by atoms with Crippen LogP contribution in [-0.2, 0) is 9.53 Å². The monoisotopic (exact) mass is 349 g/mol. The Hall–Kier alpha value is -2.81. The maximum absolute atomic E-state index is 11.3. The van der Waals surface area contributed by atoms with Crippen LogP contribution in [0.5, 0.6) is 0 Å². The molecule has 0 radical (unpaired) electrons. The number of hydrogen-bond acceptors (Lipinski definition) is 3. The van der Waals surface area contributed by atoms with Crippen molar-refractivity contribution in [3.63, 3.8) is 0 Å². The first-order chi connectivity index (χ1) is 12.7. The second-order valence-corrected chi connectivity index (χ2v) is 6.05. The predicted molar refractivity (Wildman–Crippen MR) is 109 cm³/mol. The molecule has 2 rings (SSSR count). The third kappa shape index (κ3) is 6.98. The van der Waals surface area contributed by atoms with E-state index in [-0.39, 0.29) is 5.97 Å². The second kappa shape index (κ2) is 10.9. The molecule has 0 fully saturated rings. The molecule has 0 saturated carbocycles. The van der Waals surface area contributed by atoms with E-state index in [4.69, 9.17) is 4.74 Å². The number of esters is 1. The van der Waals surface area contributed by atoms with Gasteiger partial charge in [0.05, 0.1) is 6.61 Å². The van der Waals surface area contributed by atoms with E-state index < -0.39 is 0 Å². The van der Waals surface area contributed by atoms with Gasteiger partial charge in [-0.2, -0.15) is 0 Å². The van der Waals surface area contributed by atoms with Crippen LogP contribution in [0.25, 0.3) is 6.08 Å². The summed E-state index contributed by atoms with van der Waals surface area (Å²) >= 11 is 0. The van der Waals surface area contributed by atoms with Crippen LogP contribution in [0.1, 0.15) is 37.3 Å². The number of hydrogen-bond donors (Lipinski definition) is 1. The summed E-state index contributed by atoms with van der Waals surface area (Å²) in [4.78, 5) is 11.3. The average molecular weight is 349 g/mol. The van der Waals surface area contributed by atoms with E-state index in [1.807, 2.05) is 30.3 Å². The fourth-order valence-electron chi connectivity index (χ4n) is 2.53. The van der Waals surface area contributed by atoms with Crippen molar-refractivity contribution < 1.29 is 9.53 Å². The minimum atomic E-state index is -0.314. The molecule has 0 amide bonds. The summed E-state index contributed by atoms with van der Waals surface area (Å²) in [7, 11) is 0. The zero-order valence-corrected chi connectivity index (χ0v) is 15.5. The maximum Gasteiger partial charge on any atom is 0.330 e. The number of nitrogens with one attached hydrogen (secondary N) is 1. The Balaban J connectivity index is 1.73. The predicted octanol–water partition coefficient (Wildman–Crippen LogP) is 5.42. The molecular weight excluding hydrogens is 322 g/mol. The third-order valence-electron chi connectivity index (χ3n) is 4.00. The third-order valence-corrected chi connectivity index (χ3v) is 4.00. The van der Waals surface area contributed by atoms with Crippen molar-refractivity contribution in [3.8, 4) is 0 Å². The molecule has 0 aliphatic carbocycles. The highest BCUT2D eigenvalue weighted by atomic mass is 16.5. The molecule has 136 valence electrons. The van der Waals surface area contributed by atoms with E-state index in [1.54, 1.807) is 13.0 Å². The largest absolute Gasteiger partial charge is 0.463 e. The normalized spacial score (nSPS) is 12.4. The fourth-order valence-corrected chi connectivity index (χ4v) is 2.53. The Morgan fingerprint density at radius 3 is 2.54 bits per heavy atom. The molecule has 1 unspecified atom stereocenters. The van der Waals surface area contributed by atoms with Gasteiger partial charge in [-0.3, -0.25) is 0 Å². The van der Waals surface area contributed by atoms with Gasteiger partial charge in [0.25, 0.3) is 0 Å². The van der Waals surface area contributed by atoms with Crippen LogP contribution in [0.15, 0.2) is 72.8 Å². The van der Waals surface area contributed by atoms with Gasteiger partial charge in [-0.05, 0) is 48.6 Å². The molecule has 3 heteroatoms. The minimum Gasteiger partial charge on any atom is -0.463 e. The lowest BCUT2D eigenvalue weighted by molar-refractivity contribution is -0.137. The SMILES string of the molecule is CCOC(=O)/C=C/c1ccc(NCC/C=C/C(C)c2ccccc2)cc1. The van der Waals surface area contributed by atoms with E-state index in [9.17, 15) is 4.79 Å². The van der Waals surface area contributed by atoms with Crippen LogP contribution in [0.3, 0.4) is 0 Å². The topological polar surface area (TPSA) is 38.3 Å². The summed E-state index contributed by atoms with van der Waals surface area (Å²) in [6, 6.07) is 18.5. The first-order valence-corrected chi connectivity index (χ1v) is 9.09. The summed E-state index contributed by atoms with van der Waals surface area (Å²) in [5.41, 5.74) is 3.38. The fraction of sp³-hybridized carbons (Fsp3) is 0.261. The van der Waals surface area contributed by atoms with E-state index >= 15 is 0 Å². The molecule has 0 aromatic heterocycles. The molecule has 0 aliphatic heterocycles. The molecule has 0 heterocycles. The van der Waals surface area contributed by atoms with Crippen molar-refractivity contribution >= 4 is 17.7 Å². The average Bonchev–Trinajstić information content (AvgIpc) is 2.68. The van der Waals surface area contributed by atoms with Gasteiger partial charge in [0.15, 0.2) is 0 Å². The zero-order valence-electron chi connectivity index (χ0n) is 15.5. The highest BCUT2D eigenvalue weighted by molar-refractivity contribution is 5.87. The van der Waals surface area contributed by atoms with Gasteiger partial charge in [0.2, 0.25) is 0 Å². The van der Waals surface area contributed by atoms with Crippen molar-refractivity contribution in [1.82, 2.24) is 0 Å². The maximum atomic E-state index is 11.3. The van der Waals surface area contributed by atoms with E-state index in [2.05, 4.69) is 48.7 Å². The minimum absolute atomic E-state index is 0.314. The van der Waals surface area contributed by atoms with E-state index in [0.29, 0.717) is 12.5 Å². The van der Waals surface area contributed by atoms with Crippen molar-refractivity contribution in [3.05, 3.63) is 84.0 Å². The van der Waals surface area contributed by atoms with Crippen LogP contribution < -0.4 is 5.32 Å². The van der Waals surface area contributed by atoms with Gasteiger partial charge in [-0.15, -0.1) is 0 Å². The molecule has 2 aromatic carbocycles. The van der Waals surface area contributed by atoms with Gasteiger partial charge in [0, 0.05) is 18.3 Å². The standard InChI is InChI=1S/C23H27NO2/c1-3-26-23(25)17-14-20-12-15-22(16-13-20)24-18-8-7-9-19(2)21-10-5-4-6-11-21/h4-7,9-17,19,24H,3,8,18H2,1-2H3/b9-7+,17-14+. The van der Waals surface area contributed by atoms with Crippen LogP contribution in [-0.4, -0.2) is 19.1 Å². The Bertz CT molecular complexity index is 718. The lowest BCUT2D eigenvalue weighted by Crippen LogP contribution is -2.00. The zero-order chi connectivity index (χ0) is 18.6. The van der Waals surface area contributed by atoms with Crippen molar-refractivity contribution in [1.29, 1.82) is 0 Å². The lowest BCUT2D eigenvalue weighted by Gasteiger charge is -2.07. The van der Waals surface area contributed by atoms with Crippen LogP contribution in [0.2, 0.25) is 0 Å². The van der Waals surface area contributed by atoms with Crippen molar-refractivity contribution in [2.45, 2.75) is 26.2 Å². The highest BCUT2D eigenvalue weighted by Gasteiger charge is 1.99. The summed E-state index contributed by atoms with van der Waals surface area (Å²) in [5.74, 6) is 0.118. The first-order valence-electron chi connectivity index (χ1n) is 9.09. The quantitative estimate of drug-likeness (QED) is 0.284. The summed E-state index contributed by atoms with van der Waals surface area (Å²) in [6.07, 6.45) is 8.66. The number of anilines is 1. The van der Waals surface area contributed by atoms with Crippen LogP contribution in [0.4, 0.5) is 5.69 Å². The molecular formula is C23H27NO2. The van der Waals surface area contributed by atoms with E-state index in [1.165, 1.54) is 11.6 Å². The van der Waals surface area contributed by atoms with Gasteiger partial charge in [-0.25, -0.2) is 4.79 Å². The number of rotatable bonds is 9. The number of benzene rings is 2. The lowest BCUT2D eigenvalue weighted by atomic mass is 10.0. The Labute approximate surface area is 156 Å². The summed E-state index contributed by atoms with van der Waals surface area (Å²) in [5, 5.41) is 3.40. The molecule has 0 saturated heterocycles. The summed E-state index contributed by atoms with van der Waals surface area (Å²) < 4.78 is 4.86. The van der Waals surface area contributed by atoms with Gasteiger partial charge >= 0.3 is 5.97 Å². The Morgan fingerprint density at radius 2 is 1.85 bits per heavy atom. The first kappa shape index (κ1) is 19.5. The smallest absolute Gasteiger partial charge is 0.330 e. The van der Waals surface area contributed by atoms with Crippen molar-refractivity contribution in [2.24, 2.45) is 0 Å². The molecule has 3 nitrogen and oxygen atoms in total. The Morgan fingerprint density at radius 1 is 1.12 bits per heavy atom. The van der Waals surface area contributed by atoms with Gasteiger partial charge in [0.1, 0.15) is 0 Å². The molecule has 2 aromatic rings. The van der Waals surface area contributed by atoms with Gasteiger partial charge in [-0.1, -0.05) is 61.5 Å². The van der Waals surface area contributed by atoms with Crippen LogP contribution in [0, 0.1) is 0 Å². The number of carbonyl (C=O) groups is 1. The highest BCUT2D eigenvalue weighted by Crippen LogP contribution is 2.16. The molecule has 0 spiro atoms. The van der Waals surface area contributed by atoms with Crippen LogP contribution >= 0.6 is 0 Å². The molecule has 26 heavy (non-hydrogen) atoms. The Kier molecular flexibility index (Phi) is 8.20. The molecule has 0 bridgehead atoms. The van der Waals surface area contributed by atoms with Crippen molar-refractivity contribution in [2.75, 3.05) is 18.5 Å². The second-order valence-electron chi connectivity index (χ2n) is 6.05. The number of carbonyl (C=O) groups excluding carboxylic acids is 1.